The lowest BCUT2D eigenvalue weighted by atomic mass is 10.1. The van der Waals surface area contributed by atoms with Crippen LogP contribution in [0.5, 0.6) is 11.5 Å². The topological polar surface area (TPSA) is 88.6 Å². The summed E-state index contributed by atoms with van der Waals surface area (Å²) in [4.78, 5) is 16.4. The minimum Gasteiger partial charge on any atom is -0.453 e. The molecule has 7 nitrogen and oxygen atoms in total. The second kappa shape index (κ2) is 10.4. The summed E-state index contributed by atoms with van der Waals surface area (Å²) in [6.45, 7) is 1.78. The fraction of sp³-hybridized carbons (Fsp3) is 0.167. The third kappa shape index (κ3) is 6.24. The summed E-state index contributed by atoms with van der Waals surface area (Å²) in [5.41, 5.74) is 1.24. The molecule has 3 rings (SSSR count). The number of halogens is 1. The summed E-state index contributed by atoms with van der Waals surface area (Å²) in [5.74, 6) is -0.468. The van der Waals surface area contributed by atoms with Gasteiger partial charge in [0.15, 0.2) is 11.6 Å². The molecule has 3 aromatic rings. The molecule has 1 unspecified atom stereocenters. The highest BCUT2D eigenvalue weighted by Gasteiger charge is 2.17. The molecule has 0 bridgehead atoms. The number of ether oxygens (including phenoxy) is 1. The van der Waals surface area contributed by atoms with E-state index in [1.54, 1.807) is 43.5 Å². The Morgan fingerprint density at radius 1 is 1.15 bits per heavy atom. The van der Waals surface area contributed by atoms with Gasteiger partial charge in [-0.3, -0.25) is 9.78 Å². The molecule has 0 spiro atoms. The molecule has 1 amide bonds. The van der Waals surface area contributed by atoms with Gasteiger partial charge < -0.3 is 10.1 Å². The molecule has 1 aromatic heterocycles. The van der Waals surface area contributed by atoms with Gasteiger partial charge in [-0.1, -0.05) is 18.2 Å². The number of amides is 1. The van der Waals surface area contributed by atoms with E-state index in [1.165, 1.54) is 56.7 Å². The number of carbonyl (C=O) groups is 1. The fourth-order valence-electron chi connectivity index (χ4n) is 2.89. The van der Waals surface area contributed by atoms with Crippen molar-refractivity contribution >= 4 is 22.0 Å². The zero-order valence-electron chi connectivity index (χ0n) is 18.4. The summed E-state index contributed by atoms with van der Waals surface area (Å²) in [6.07, 6.45) is 5.87. The van der Waals surface area contributed by atoms with E-state index in [4.69, 9.17) is 4.74 Å². The van der Waals surface area contributed by atoms with Crippen molar-refractivity contribution in [2.24, 2.45) is 0 Å². The molecule has 0 saturated heterocycles. The van der Waals surface area contributed by atoms with Crippen LogP contribution in [0.2, 0.25) is 0 Å². The standard InChI is InChI=1S/C24H24FN3O4S/c1-17(19-8-10-21(11-9-19)33(30,31)28(2)3)27-24(29)13-7-18-6-12-23(22(25)15-18)32-20-5-4-14-26-16-20/h4-17H,1-3H3,(H,27,29)/b13-7+. The molecule has 9 heteroatoms. The number of pyridine rings is 1. The van der Waals surface area contributed by atoms with Crippen molar-refractivity contribution < 1.29 is 22.3 Å². The van der Waals surface area contributed by atoms with Gasteiger partial charge in [0.25, 0.3) is 0 Å². The van der Waals surface area contributed by atoms with Crippen molar-refractivity contribution in [2.75, 3.05) is 14.1 Å². The van der Waals surface area contributed by atoms with Gasteiger partial charge in [-0.15, -0.1) is 0 Å². The van der Waals surface area contributed by atoms with E-state index < -0.39 is 15.8 Å². The minimum atomic E-state index is -3.51. The van der Waals surface area contributed by atoms with Crippen molar-refractivity contribution in [1.29, 1.82) is 0 Å². The minimum absolute atomic E-state index is 0.0537. The Labute approximate surface area is 192 Å². The lowest BCUT2D eigenvalue weighted by Gasteiger charge is -2.15. The average molecular weight is 470 g/mol. The Kier molecular flexibility index (Phi) is 7.57. The van der Waals surface area contributed by atoms with E-state index in [1.807, 2.05) is 0 Å². The Morgan fingerprint density at radius 2 is 1.88 bits per heavy atom. The van der Waals surface area contributed by atoms with Gasteiger partial charge in [0.2, 0.25) is 15.9 Å². The summed E-state index contributed by atoms with van der Waals surface area (Å²) < 4.78 is 45.2. The lowest BCUT2D eigenvalue weighted by molar-refractivity contribution is -0.117. The first kappa shape index (κ1) is 24.1. The zero-order chi connectivity index (χ0) is 24.0. The number of hydrogen-bond donors (Lipinski definition) is 1. The highest BCUT2D eigenvalue weighted by atomic mass is 32.2. The summed E-state index contributed by atoms with van der Waals surface area (Å²) in [7, 11) is -0.586. The molecule has 1 atom stereocenters. The van der Waals surface area contributed by atoms with Gasteiger partial charge in [0.05, 0.1) is 17.1 Å². The van der Waals surface area contributed by atoms with Crippen molar-refractivity contribution in [3.05, 3.63) is 90.0 Å². The highest BCUT2D eigenvalue weighted by molar-refractivity contribution is 7.89. The predicted molar refractivity (Wildman–Crippen MR) is 124 cm³/mol. The van der Waals surface area contributed by atoms with Gasteiger partial charge >= 0.3 is 0 Å². The van der Waals surface area contributed by atoms with Crippen LogP contribution in [0.1, 0.15) is 24.1 Å². The second-order valence-corrected chi connectivity index (χ2v) is 9.55. The van der Waals surface area contributed by atoms with E-state index in [9.17, 15) is 17.6 Å². The summed E-state index contributed by atoms with van der Waals surface area (Å²) in [5, 5.41) is 2.80. The number of benzene rings is 2. The molecule has 2 aromatic carbocycles. The molecule has 0 aliphatic rings. The van der Waals surface area contributed by atoms with E-state index in [2.05, 4.69) is 10.3 Å². The number of carbonyl (C=O) groups excluding carboxylic acids is 1. The predicted octanol–water partition coefficient (Wildman–Crippen LogP) is 4.15. The fourth-order valence-corrected chi connectivity index (χ4v) is 3.80. The van der Waals surface area contributed by atoms with Crippen LogP contribution in [0, 0.1) is 5.82 Å². The van der Waals surface area contributed by atoms with Gasteiger partial charge in [-0.25, -0.2) is 17.1 Å². The Morgan fingerprint density at radius 3 is 2.48 bits per heavy atom. The number of aromatic nitrogens is 1. The van der Waals surface area contributed by atoms with Gasteiger partial charge in [-0.2, -0.15) is 0 Å². The van der Waals surface area contributed by atoms with Crippen LogP contribution in [0.4, 0.5) is 4.39 Å². The molecule has 0 aliphatic carbocycles. The number of nitrogens with zero attached hydrogens (tertiary/aromatic N) is 2. The van der Waals surface area contributed by atoms with Crippen molar-refractivity contribution in [3.8, 4) is 11.5 Å². The zero-order valence-corrected chi connectivity index (χ0v) is 19.2. The molecule has 1 N–H and O–H groups in total. The van der Waals surface area contributed by atoms with Crippen molar-refractivity contribution in [1.82, 2.24) is 14.6 Å². The molecule has 0 aliphatic heterocycles. The molecule has 0 radical (unpaired) electrons. The van der Waals surface area contributed by atoms with E-state index in [0.717, 1.165) is 9.87 Å². The Balaban J connectivity index is 1.61. The van der Waals surface area contributed by atoms with Gasteiger partial charge in [-0.05, 0) is 60.5 Å². The summed E-state index contributed by atoms with van der Waals surface area (Å²) in [6, 6.07) is 13.7. The lowest BCUT2D eigenvalue weighted by Crippen LogP contribution is -2.25. The monoisotopic (exact) mass is 469 g/mol. The van der Waals surface area contributed by atoms with Crippen LogP contribution >= 0.6 is 0 Å². The smallest absolute Gasteiger partial charge is 0.244 e. The Hall–Kier alpha value is -3.56. The van der Waals surface area contributed by atoms with Crippen LogP contribution < -0.4 is 10.1 Å². The molecule has 172 valence electrons. The molecule has 0 fully saturated rings. The average Bonchev–Trinajstić information content (AvgIpc) is 2.80. The number of nitrogens with one attached hydrogen (secondary N) is 1. The third-order valence-electron chi connectivity index (χ3n) is 4.76. The first-order valence-electron chi connectivity index (χ1n) is 10.1. The SMILES string of the molecule is CC(NC(=O)/C=C/c1ccc(Oc2cccnc2)c(F)c1)c1ccc(S(=O)(=O)N(C)C)cc1. The molecule has 33 heavy (non-hydrogen) atoms. The van der Waals surface area contributed by atoms with E-state index in [0.29, 0.717) is 11.3 Å². The maximum Gasteiger partial charge on any atom is 0.244 e. The number of sulfonamides is 1. The maximum atomic E-state index is 14.3. The normalized spacial score (nSPS) is 12.6. The van der Waals surface area contributed by atoms with Crippen molar-refractivity contribution in [2.45, 2.75) is 17.9 Å². The summed E-state index contributed by atoms with van der Waals surface area (Å²) >= 11 is 0. The van der Waals surface area contributed by atoms with Crippen LogP contribution in [-0.2, 0) is 14.8 Å². The van der Waals surface area contributed by atoms with Gasteiger partial charge in [0, 0.05) is 26.4 Å². The van der Waals surface area contributed by atoms with Crippen LogP contribution in [-0.4, -0.2) is 37.7 Å². The number of rotatable bonds is 8. The second-order valence-electron chi connectivity index (χ2n) is 7.40. The van der Waals surface area contributed by atoms with Gasteiger partial charge in [0.1, 0.15) is 5.75 Å². The molecule has 0 saturated carbocycles. The van der Waals surface area contributed by atoms with E-state index in [-0.39, 0.29) is 22.6 Å². The van der Waals surface area contributed by atoms with Crippen LogP contribution in [0.25, 0.3) is 6.08 Å². The first-order chi connectivity index (χ1) is 15.7. The molecular formula is C24H24FN3O4S. The quantitative estimate of drug-likeness (QED) is 0.501. The van der Waals surface area contributed by atoms with Crippen molar-refractivity contribution in [3.63, 3.8) is 0 Å². The first-order valence-corrected chi connectivity index (χ1v) is 11.5. The van der Waals surface area contributed by atoms with Crippen LogP contribution in [0.3, 0.4) is 0 Å². The molecular weight excluding hydrogens is 445 g/mol. The highest BCUT2D eigenvalue weighted by Crippen LogP contribution is 2.25. The largest absolute Gasteiger partial charge is 0.453 e. The van der Waals surface area contributed by atoms with E-state index >= 15 is 0 Å². The third-order valence-corrected chi connectivity index (χ3v) is 6.59. The van der Waals surface area contributed by atoms with Crippen LogP contribution in [0.15, 0.2) is 78.0 Å². The number of hydrogen-bond acceptors (Lipinski definition) is 5. The Bertz CT molecular complexity index is 1240. The maximum absolute atomic E-state index is 14.3. The molecule has 1 heterocycles.